The topological polar surface area (TPSA) is 51.2 Å². The minimum Gasteiger partial charge on any atom is -0.298 e. The first-order valence-electron chi connectivity index (χ1n) is 4.88. The van der Waals surface area contributed by atoms with Gasteiger partial charge in [-0.3, -0.25) is 4.79 Å². The van der Waals surface area contributed by atoms with Gasteiger partial charge in [-0.1, -0.05) is 25.5 Å². The van der Waals surface area contributed by atoms with Crippen molar-refractivity contribution in [3.8, 4) is 0 Å². The molecule has 0 saturated carbocycles. The first-order chi connectivity index (χ1) is 7.10. The second kappa shape index (κ2) is 5.07. The van der Waals surface area contributed by atoms with E-state index in [4.69, 9.17) is 0 Å². The van der Waals surface area contributed by atoms with Crippen LogP contribution in [0, 0.1) is 0 Å². The lowest BCUT2D eigenvalue weighted by atomic mass is 10.2. The van der Waals surface area contributed by atoms with Gasteiger partial charge in [0.15, 0.2) is 9.84 Å². The Kier molecular flexibility index (Phi) is 4.03. The standard InChI is InChI=1S/C11H14O3S/c1-2-3-7-15(13,14)11-6-4-5-10(8-11)9-12/h4-6,8-9H,2-3,7H2,1H3. The highest BCUT2D eigenvalue weighted by molar-refractivity contribution is 7.91. The highest BCUT2D eigenvalue weighted by atomic mass is 32.2. The van der Waals surface area contributed by atoms with Crippen LogP contribution in [0.15, 0.2) is 29.2 Å². The molecule has 0 aliphatic rings. The predicted octanol–water partition coefficient (Wildman–Crippen LogP) is 2.07. The van der Waals surface area contributed by atoms with E-state index >= 15 is 0 Å². The van der Waals surface area contributed by atoms with Crippen LogP contribution in [0.3, 0.4) is 0 Å². The van der Waals surface area contributed by atoms with Crippen molar-refractivity contribution in [3.05, 3.63) is 29.8 Å². The fraction of sp³-hybridized carbons (Fsp3) is 0.364. The summed E-state index contributed by atoms with van der Waals surface area (Å²) in [6.07, 6.45) is 2.14. The lowest BCUT2D eigenvalue weighted by molar-refractivity contribution is 0.112. The van der Waals surface area contributed by atoms with Gasteiger partial charge in [0.05, 0.1) is 10.6 Å². The molecule has 0 aliphatic heterocycles. The Hall–Kier alpha value is -1.16. The van der Waals surface area contributed by atoms with E-state index in [1.54, 1.807) is 12.1 Å². The summed E-state index contributed by atoms with van der Waals surface area (Å²) in [7, 11) is -3.21. The second-order valence-corrected chi connectivity index (χ2v) is 5.47. The third kappa shape index (κ3) is 3.16. The lowest BCUT2D eigenvalue weighted by Crippen LogP contribution is -2.06. The zero-order valence-corrected chi connectivity index (χ0v) is 9.46. The molecule has 1 rings (SSSR count). The van der Waals surface area contributed by atoms with E-state index in [-0.39, 0.29) is 10.6 Å². The van der Waals surface area contributed by atoms with Crippen molar-refractivity contribution in [2.24, 2.45) is 0 Å². The molecule has 1 aromatic carbocycles. The van der Waals surface area contributed by atoms with Gasteiger partial charge in [0.2, 0.25) is 0 Å². The lowest BCUT2D eigenvalue weighted by Gasteiger charge is -2.03. The van der Waals surface area contributed by atoms with Crippen molar-refractivity contribution >= 4 is 16.1 Å². The Balaban J connectivity index is 2.99. The summed E-state index contributed by atoms with van der Waals surface area (Å²) < 4.78 is 23.5. The number of carbonyl (C=O) groups excluding carboxylic acids is 1. The maximum Gasteiger partial charge on any atom is 0.178 e. The van der Waals surface area contributed by atoms with Crippen LogP contribution < -0.4 is 0 Å². The Bertz CT molecular complexity index is 435. The Morgan fingerprint density at radius 1 is 1.33 bits per heavy atom. The number of aldehydes is 1. The number of carbonyl (C=O) groups is 1. The van der Waals surface area contributed by atoms with Crippen molar-refractivity contribution in [1.82, 2.24) is 0 Å². The Labute approximate surface area is 90.0 Å². The summed E-state index contributed by atoms with van der Waals surface area (Å²) in [5.74, 6) is 0.145. The molecule has 0 atom stereocenters. The van der Waals surface area contributed by atoms with Gasteiger partial charge in [-0.25, -0.2) is 8.42 Å². The average molecular weight is 226 g/mol. The molecule has 4 heteroatoms. The van der Waals surface area contributed by atoms with E-state index in [2.05, 4.69) is 0 Å². The summed E-state index contributed by atoms with van der Waals surface area (Å²) in [4.78, 5) is 10.7. The van der Waals surface area contributed by atoms with Crippen molar-refractivity contribution in [1.29, 1.82) is 0 Å². The number of benzene rings is 1. The van der Waals surface area contributed by atoms with Crippen LogP contribution in [0.2, 0.25) is 0 Å². The van der Waals surface area contributed by atoms with Gasteiger partial charge in [0.25, 0.3) is 0 Å². The molecule has 0 saturated heterocycles. The normalized spacial score (nSPS) is 11.3. The van der Waals surface area contributed by atoms with Crippen molar-refractivity contribution in [2.45, 2.75) is 24.7 Å². The summed E-state index contributed by atoms with van der Waals surface area (Å²) in [5.41, 5.74) is 0.396. The fourth-order valence-corrected chi connectivity index (χ4v) is 2.74. The molecular formula is C11H14O3S. The van der Waals surface area contributed by atoms with E-state index in [1.807, 2.05) is 6.92 Å². The molecule has 0 spiro atoms. The van der Waals surface area contributed by atoms with Gasteiger partial charge in [0.1, 0.15) is 6.29 Å². The van der Waals surface area contributed by atoms with Gasteiger partial charge in [-0.15, -0.1) is 0 Å². The zero-order valence-electron chi connectivity index (χ0n) is 8.64. The quantitative estimate of drug-likeness (QED) is 0.722. The zero-order chi connectivity index (χ0) is 11.3. The number of hydrogen-bond donors (Lipinski definition) is 0. The van der Waals surface area contributed by atoms with E-state index in [9.17, 15) is 13.2 Å². The molecule has 3 nitrogen and oxygen atoms in total. The molecule has 0 fully saturated rings. The number of rotatable bonds is 5. The van der Waals surface area contributed by atoms with Gasteiger partial charge in [-0.05, 0) is 18.6 Å². The maximum absolute atomic E-state index is 11.7. The van der Waals surface area contributed by atoms with Crippen LogP contribution in [0.25, 0.3) is 0 Å². The van der Waals surface area contributed by atoms with Crippen LogP contribution in [0.4, 0.5) is 0 Å². The number of unbranched alkanes of at least 4 members (excludes halogenated alkanes) is 1. The molecule has 1 aromatic rings. The minimum absolute atomic E-state index is 0.145. The number of hydrogen-bond acceptors (Lipinski definition) is 3. The van der Waals surface area contributed by atoms with E-state index in [1.165, 1.54) is 12.1 Å². The fourth-order valence-electron chi connectivity index (χ4n) is 1.23. The summed E-state index contributed by atoms with van der Waals surface area (Å²) in [5, 5.41) is 0. The molecule has 0 aliphatic carbocycles. The minimum atomic E-state index is -3.21. The molecule has 0 bridgehead atoms. The molecule has 0 amide bonds. The smallest absolute Gasteiger partial charge is 0.178 e. The van der Waals surface area contributed by atoms with E-state index in [0.717, 1.165) is 6.42 Å². The molecule has 0 N–H and O–H groups in total. The van der Waals surface area contributed by atoms with E-state index < -0.39 is 9.84 Å². The summed E-state index contributed by atoms with van der Waals surface area (Å²) in [6.45, 7) is 1.94. The van der Waals surface area contributed by atoms with Gasteiger partial charge in [-0.2, -0.15) is 0 Å². The summed E-state index contributed by atoms with van der Waals surface area (Å²) in [6, 6.07) is 6.12. The molecule has 82 valence electrons. The monoisotopic (exact) mass is 226 g/mol. The molecular weight excluding hydrogens is 212 g/mol. The van der Waals surface area contributed by atoms with Crippen LogP contribution in [-0.4, -0.2) is 20.5 Å². The largest absolute Gasteiger partial charge is 0.298 e. The van der Waals surface area contributed by atoms with Crippen molar-refractivity contribution in [3.63, 3.8) is 0 Å². The molecule has 0 heterocycles. The van der Waals surface area contributed by atoms with Gasteiger partial charge in [0, 0.05) is 5.56 Å². The third-order valence-corrected chi connectivity index (χ3v) is 3.92. The highest BCUT2D eigenvalue weighted by Crippen LogP contribution is 2.13. The second-order valence-electron chi connectivity index (χ2n) is 3.36. The first-order valence-corrected chi connectivity index (χ1v) is 6.53. The van der Waals surface area contributed by atoms with Crippen LogP contribution >= 0.6 is 0 Å². The molecule has 0 radical (unpaired) electrons. The Morgan fingerprint density at radius 2 is 2.07 bits per heavy atom. The SMILES string of the molecule is CCCCS(=O)(=O)c1cccc(C=O)c1. The molecule has 15 heavy (non-hydrogen) atoms. The maximum atomic E-state index is 11.7. The average Bonchev–Trinajstić information content (AvgIpc) is 2.26. The summed E-state index contributed by atoms with van der Waals surface area (Å²) >= 11 is 0. The van der Waals surface area contributed by atoms with Gasteiger partial charge < -0.3 is 0 Å². The predicted molar refractivity (Wildman–Crippen MR) is 58.8 cm³/mol. The van der Waals surface area contributed by atoms with Crippen LogP contribution in [0.5, 0.6) is 0 Å². The highest BCUT2D eigenvalue weighted by Gasteiger charge is 2.13. The molecule has 0 aromatic heterocycles. The van der Waals surface area contributed by atoms with Crippen LogP contribution in [0.1, 0.15) is 30.1 Å². The Morgan fingerprint density at radius 3 is 2.67 bits per heavy atom. The van der Waals surface area contributed by atoms with Crippen LogP contribution in [-0.2, 0) is 9.84 Å². The number of sulfone groups is 1. The molecule has 0 unspecified atom stereocenters. The van der Waals surface area contributed by atoms with Crippen molar-refractivity contribution in [2.75, 3.05) is 5.75 Å². The first kappa shape index (κ1) is 11.9. The van der Waals surface area contributed by atoms with E-state index in [0.29, 0.717) is 18.3 Å². The van der Waals surface area contributed by atoms with Gasteiger partial charge >= 0.3 is 0 Å². The third-order valence-electron chi connectivity index (χ3n) is 2.12. The van der Waals surface area contributed by atoms with Crippen molar-refractivity contribution < 1.29 is 13.2 Å².